The van der Waals surface area contributed by atoms with Crippen LogP contribution in [0.5, 0.6) is 0 Å². The Bertz CT molecular complexity index is 736. The van der Waals surface area contributed by atoms with Gasteiger partial charge in [-0.2, -0.15) is 0 Å². The van der Waals surface area contributed by atoms with Crippen LogP contribution < -0.4 is 5.32 Å². The first-order chi connectivity index (χ1) is 11.8. The molecule has 2 rings (SSSR count). The minimum absolute atomic E-state index is 0.0212. The number of carboxylic acid groups (broad SMARTS) is 1. The topological polar surface area (TPSA) is 66.4 Å². The molecule has 0 fully saturated rings. The van der Waals surface area contributed by atoms with Crippen molar-refractivity contribution in [3.8, 4) is 0 Å². The highest BCUT2D eigenvalue weighted by molar-refractivity contribution is 5.80. The molecule has 0 aliphatic carbocycles. The highest BCUT2D eigenvalue weighted by atomic mass is 19.1. The number of nitrogens with one attached hydrogen (secondary N) is 1. The van der Waals surface area contributed by atoms with Crippen molar-refractivity contribution in [2.75, 3.05) is 6.54 Å². The van der Waals surface area contributed by atoms with E-state index < -0.39 is 17.7 Å². The van der Waals surface area contributed by atoms with E-state index in [1.165, 1.54) is 24.3 Å². The van der Waals surface area contributed by atoms with E-state index in [1.54, 1.807) is 0 Å². The van der Waals surface area contributed by atoms with Crippen LogP contribution in [0.15, 0.2) is 42.5 Å². The average molecular weight is 343 g/mol. The molecule has 4 nitrogen and oxygen atoms in total. The highest BCUT2D eigenvalue weighted by Crippen LogP contribution is 2.16. The maximum absolute atomic E-state index is 13.0. The summed E-state index contributed by atoms with van der Waals surface area (Å²) in [4.78, 5) is 23.4. The zero-order valence-electron chi connectivity index (χ0n) is 14.4. The predicted octanol–water partition coefficient (Wildman–Crippen LogP) is 3.36. The van der Waals surface area contributed by atoms with Crippen molar-refractivity contribution >= 4 is 11.9 Å². The second kappa shape index (κ2) is 8.42. The van der Waals surface area contributed by atoms with Crippen LogP contribution in [0.2, 0.25) is 0 Å². The Morgan fingerprint density at radius 3 is 2.24 bits per heavy atom. The first-order valence-corrected chi connectivity index (χ1v) is 8.17. The van der Waals surface area contributed by atoms with Crippen molar-refractivity contribution in [2.24, 2.45) is 0 Å². The molecule has 1 unspecified atom stereocenters. The van der Waals surface area contributed by atoms with Gasteiger partial charge < -0.3 is 10.4 Å². The van der Waals surface area contributed by atoms with Gasteiger partial charge in [-0.15, -0.1) is 0 Å². The van der Waals surface area contributed by atoms with E-state index in [4.69, 9.17) is 0 Å². The number of hydrogen-bond acceptors (Lipinski definition) is 2. The van der Waals surface area contributed by atoms with Gasteiger partial charge in [-0.1, -0.05) is 41.5 Å². The lowest BCUT2D eigenvalue weighted by Crippen LogP contribution is -2.31. The van der Waals surface area contributed by atoms with Crippen LogP contribution in [0.25, 0.3) is 0 Å². The molecule has 5 heteroatoms. The van der Waals surface area contributed by atoms with Crippen LogP contribution in [0.1, 0.15) is 34.6 Å². The number of halogens is 1. The SMILES string of the molecule is Cc1cc(C)cc(CCC(=O)NCC(C(=O)O)c2ccc(F)cc2)c1. The van der Waals surface area contributed by atoms with E-state index in [2.05, 4.69) is 11.4 Å². The molecule has 0 saturated heterocycles. The third kappa shape index (κ3) is 5.71. The smallest absolute Gasteiger partial charge is 0.312 e. The zero-order valence-corrected chi connectivity index (χ0v) is 14.4. The van der Waals surface area contributed by atoms with Crippen LogP contribution in [0.4, 0.5) is 4.39 Å². The third-order valence-electron chi connectivity index (χ3n) is 4.00. The molecule has 0 spiro atoms. The molecule has 0 saturated carbocycles. The first kappa shape index (κ1) is 18.6. The molecule has 2 aromatic rings. The molecule has 0 radical (unpaired) electrons. The van der Waals surface area contributed by atoms with E-state index >= 15 is 0 Å². The number of carbonyl (C=O) groups excluding carboxylic acids is 1. The molecular formula is C20H22FNO3. The van der Waals surface area contributed by atoms with Crippen LogP contribution >= 0.6 is 0 Å². The van der Waals surface area contributed by atoms with Crippen molar-refractivity contribution in [2.45, 2.75) is 32.6 Å². The summed E-state index contributed by atoms with van der Waals surface area (Å²) in [5, 5.41) is 12.0. The Hall–Kier alpha value is -2.69. The average Bonchev–Trinajstić information content (AvgIpc) is 2.53. The van der Waals surface area contributed by atoms with E-state index in [0.717, 1.165) is 16.7 Å². The van der Waals surface area contributed by atoms with Crippen LogP contribution in [0, 0.1) is 19.7 Å². The van der Waals surface area contributed by atoms with Gasteiger partial charge in [0.1, 0.15) is 5.82 Å². The second-order valence-corrected chi connectivity index (χ2v) is 6.24. The fourth-order valence-corrected chi connectivity index (χ4v) is 2.82. The molecule has 0 aliphatic rings. The van der Waals surface area contributed by atoms with E-state index in [9.17, 15) is 19.1 Å². The van der Waals surface area contributed by atoms with E-state index in [0.29, 0.717) is 18.4 Å². The Morgan fingerprint density at radius 2 is 1.68 bits per heavy atom. The van der Waals surface area contributed by atoms with Gasteiger partial charge in [0, 0.05) is 13.0 Å². The van der Waals surface area contributed by atoms with Gasteiger partial charge in [0.05, 0.1) is 5.92 Å². The van der Waals surface area contributed by atoms with Crippen LogP contribution in [-0.4, -0.2) is 23.5 Å². The Balaban J connectivity index is 1.90. The summed E-state index contributed by atoms with van der Waals surface area (Å²) < 4.78 is 13.0. The molecule has 0 aliphatic heterocycles. The molecule has 2 N–H and O–H groups in total. The zero-order chi connectivity index (χ0) is 18.4. The van der Waals surface area contributed by atoms with Crippen molar-refractivity contribution < 1.29 is 19.1 Å². The summed E-state index contributed by atoms with van der Waals surface area (Å²) in [6, 6.07) is 11.4. The van der Waals surface area contributed by atoms with Gasteiger partial charge in [0.2, 0.25) is 5.91 Å². The molecule has 0 bridgehead atoms. The fourth-order valence-electron chi connectivity index (χ4n) is 2.82. The molecular weight excluding hydrogens is 321 g/mol. The highest BCUT2D eigenvalue weighted by Gasteiger charge is 2.20. The lowest BCUT2D eigenvalue weighted by molar-refractivity contribution is -0.138. The minimum atomic E-state index is -1.05. The molecule has 25 heavy (non-hydrogen) atoms. The summed E-state index contributed by atoms with van der Waals surface area (Å²) in [7, 11) is 0. The van der Waals surface area contributed by atoms with Crippen LogP contribution in [0.3, 0.4) is 0 Å². The maximum atomic E-state index is 13.0. The van der Waals surface area contributed by atoms with Crippen molar-refractivity contribution in [1.82, 2.24) is 5.32 Å². The first-order valence-electron chi connectivity index (χ1n) is 8.17. The summed E-state index contributed by atoms with van der Waals surface area (Å²) in [6.07, 6.45) is 0.890. The summed E-state index contributed by atoms with van der Waals surface area (Å²) in [5.41, 5.74) is 3.85. The van der Waals surface area contributed by atoms with E-state index in [1.807, 2.05) is 26.0 Å². The van der Waals surface area contributed by atoms with Crippen LogP contribution in [-0.2, 0) is 16.0 Å². The van der Waals surface area contributed by atoms with Gasteiger partial charge in [0.25, 0.3) is 0 Å². The monoisotopic (exact) mass is 343 g/mol. The number of aliphatic carboxylic acids is 1. The maximum Gasteiger partial charge on any atom is 0.312 e. The van der Waals surface area contributed by atoms with Gasteiger partial charge >= 0.3 is 5.97 Å². The molecule has 1 amide bonds. The minimum Gasteiger partial charge on any atom is -0.481 e. The summed E-state index contributed by atoms with van der Waals surface area (Å²) >= 11 is 0. The largest absolute Gasteiger partial charge is 0.481 e. The second-order valence-electron chi connectivity index (χ2n) is 6.24. The quantitative estimate of drug-likeness (QED) is 0.810. The third-order valence-corrected chi connectivity index (χ3v) is 4.00. The molecule has 2 aromatic carbocycles. The molecule has 132 valence electrons. The lowest BCUT2D eigenvalue weighted by Gasteiger charge is -2.14. The lowest BCUT2D eigenvalue weighted by atomic mass is 9.99. The molecule has 0 aromatic heterocycles. The fraction of sp³-hybridized carbons (Fsp3) is 0.300. The Kier molecular flexibility index (Phi) is 6.28. The molecule has 1 atom stereocenters. The number of carbonyl (C=O) groups is 2. The van der Waals surface area contributed by atoms with Gasteiger partial charge in [-0.05, 0) is 43.5 Å². The Morgan fingerprint density at radius 1 is 1.08 bits per heavy atom. The normalized spacial score (nSPS) is 11.8. The van der Waals surface area contributed by atoms with E-state index in [-0.39, 0.29) is 12.5 Å². The number of benzene rings is 2. The predicted molar refractivity (Wildman–Crippen MR) is 94.0 cm³/mol. The van der Waals surface area contributed by atoms with Gasteiger partial charge in [-0.3, -0.25) is 9.59 Å². The van der Waals surface area contributed by atoms with Gasteiger partial charge in [-0.25, -0.2) is 4.39 Å². The summed E-state index contributed by atoms with van der Waals surface area (Å²) in [6.45, 7) is 4.00. The number of hydrogen-bond donors (Lipinski definition) is 2. The Labute approximate surface area is 146 Å². The number of carboxylic acids is 1. The number of rotatable bonds is 7. The molecule has 0 heterocycles. The number of aryl methyl sites for hydroxylation is 3. The standard InChI is InChI=1S/C20H22FNO3/c1-13-9-14(2)11-15(10-13)3-8-19(23)22-12-18(20(24)25)16-4-6-17(21)7-5-16/h4-7,9-11,18H,3,8,12H2,1-2H3,(H,22,23)(H,24,25). The van der Waals surface area contributed by atoms with Gasteiger partial charge in [0.15, 0.2) is 0 Å². The van der Waals surface area contributed by atoms with Crippen molar-refractivity contribution in [3.63, 3.8) is 0 Å². The summed E-state index contributed by atoms with van der Waals surface area (Å²) in [5.74, 6) is -2.58. The van der Waals surface area contributed by atoms with Crippen molar-refractivity contribution in [1.29, 1.82) is 0 Å². The number of amides is 1. The van der Waals surface area contributed by atoms with Crippen molar-refractivity contribution in [3.05, 3.63) is 70.5 Å².